The summed E-state index contributed by atoms with van der Waals surface area (Å²) in [5, 5.41) is 0.719. The van der Waals surface area contributed by atoms with Crippen LogP contribution in [0.4, 0.5) is 0 Å². The quantitative estimate of drug-likeness (QED) is 0.842. The highest BCUT2D eigenvalue weighted by atomic mass is 35.5. The fourth-order valence-corrected chi connectivity index (χ4v) is 3.15. The molecule has 2 atom stereocenters. The van der Waals surface area contributed by atoms with Crippen LogP contribution in [0.15, 0.2) is 54.6 Å². The topological polar surface area (TPSA) is 12.5 Å². The van der Waals surface area contributed by atoms with Gasteiger partial charge in [-0.3, -0.25) is 0 Å². The Morgan fingerprint density at radius 3 is 2.67 bits per heavy atom. The fourth-order valence-electron chi connectivity index (χ4n) is 2.97. The molecule has 1 fully saturated rings. The number of likely N-dealkylation sites (N-methyl/N-ethyl adjacent to an activating group) is 1. The summed E-state index contributed by atoms with van der Waals surface area (Å²) in [5.74, 6) is 1.25. The van der Waals surface area contributed by atoms with Crippen LogP contribution in [0.25, 0.3) is 0 Å². The fraction of sp³-hybridized carbons (Fsp3) is 0.333. The van der Waals surface area contributed by atoms with Crippen molar-refractivity contribution in [3.8, 4) is 5.75 Å². The monoisotopic (exact) mass is 301 g/mol. The number of hydrogen-bond acceptors (Lipinski definition) is 2. The molecule has 0 amide bonds. The Hall–Kier alpha value is -1.51. The van der Waals surface area contributed by atoms with Crippen LogP contribution in [-0.2, 0) is 0 Å². The zero-order chi connectivity index (χ0) is 14.7. The molecule has 3 heteroatoms. The second-order valence-electron chi connectivity index (χ2n) is 5.68. The van der Waals surface area contributed by atoms with Gasteiger partial charge in [0.15, 0.2) is 0 Å². The highest BCUT2D eigenvalue weighted by Crippen LogP contribution is 2.31. The predicted molar refractivity (Wildman–Crippen MR) is 87.2 cm³/mol. The molecule has 21 heavy (non-hydrogen) atoms. The van der Waals surface area contributed by atoms with Crippen LogP contribution < -0.4 is 4.74 Å². The van der Waals surface area contributed by atoms with E-state index in [4.69, 9.17) is 16.3 Å². The van der Waals surface area contributed by atoms with Crippen LogP contribution in [0.1, 0.15) is 17.9 Å². The standard InChI is InChI=1S/C18H20ClNO/c1-20-11-10-18(21-16-9-5-8-15(19)12-16)17(13-20)14-6-3-2-4-7-14/h2-9,12,17-18H,10-11,13H2,1H3/t17-,18+/m1/s1. The third kappa shape index (κ3) is 3.58. The second-order valence-corrected chi connectivity index (χ2v) is 6.12. The molecule has 0 aromatic heterocycles. The average molecular weight is 302 g/mol. The largest absolute Gasteiger partial charge is 0.490 e. The Bertz CT molecular complexity index is 587. The van der Waals surface area contributed by atoms with Crippen molar-refractivity contribution in [2.75, 3.05) is 20.1 Å². The minimum absolute atomic E-state index is 0.196. The molecular weight excluding hydrogens is 282 g/mol. The number of hydrogen-bond donors (Lipinski definition) is 0. The number of ether oxygens (including phenoxy) is 1. The van der Waals surface area contributed by atoms with Crippen molar-refractivity contribution < 1.29 is 4.74 Å². The number of likely N-dealkylation sites (tertiary alicyclic amines) is 1. The third-order valence-corrected chi connectivity index (χ3v) is 4.30. The molecule has 0 bridgehead atoms. The smallest absolute Gasteiger partial charge is 0.121 e. The molecule has 1 aliphatic heterocycles. The molecule has 2 nitrogen and oxygen atoms in total. The van der Waals surface area contributed by atoms with Gasteiger partial charge in [0, 0.05) is 24.0 Å². The predicted octanol–water partition coefficient (Wildman–Crippen LogP) is 4.21. The van der Waals surface area contributed by atoms with Crippen molar-refractivity contribution in [2.45, 2.75) is 18.4 Å². The van der Waals surface area contributed by atoms with Crippen molar-refractivity contribution in [2.24, 2.45) is 0 Å². The number of piperidine rings is 1. The van der Waals surface area contributed by atoms with Crippen molar-refractivity contribution in [1.82, 2.24) is 4.90 Å². The third-order valence-electron chi connectivity index (χ3n) is 4.06. The van der Waals surface area contributed by atoms with Crippen molar-refractivity contribution >= 4 is 11.6 Å². The zero-order valence-corrected chi connectivity index (χ0v) is 13.0. The minimum Gasteiger partial charge on any atom is -0.490 e. The van der Waals surface area contributed by atoms with Gasteiger partial charge in [0.05, 0.1) is 0 Å². The van der Waals surface area contributed by atoms with Gasteiger partial charge in [-0.05, 0) is 37.2 Å². The van der Waals surface area contributed by atoms with E-state index in [9.17, 15) is 0 Å². The Morgan fingerprint density at radius 2 is 1.90 bits per heavy atom. The van der Waals surface area contributed by atoms with Gasteiger partial charge in [-0.25, -0.2) is 0 Å². The average Bonchev–Trinajstić information content (AvgIpc) is 2.50. The lowest BCUT2D eigenvalue weighted by atomic mass is 9.88. The van der Waals surface area contributed by atoms with Crippen molar-refractivity contribution in [3.05, 3.63) is 65.2 Å². The van der Waals surface area contributed by atoms with E-state index in [0.29, 0.717) is 5.92 Å². The molecule has 110 valence electrons. The summed E-state index contributed by atoms with van der Waals surface area (Å²) in [6.45, 7) is 2.09. The van der Waals surface area contributed by atoms with E-state index in [0.717, 1.165) is 30.3 Å². The lowest BCUT2D eigenvalue weighted by Crippen LogP contribution is -2.42. The van der Waals surface area contributed by atoms with E-state index in [2.05, 4.69) is 42.3 Å². The molecule has 0 radical (unpaired) electrons. The summed E-state index contributed by atoms with van der Waals surface area (Å²) in [6, 6.07) is 18.3. The molecular formula is C18H20ClNO. The highest BCUT2D eigenvalue weighted by molar-refractivity contribution is 6.30. The van der Waals surface area contributed by atoms with E-state index in [-0.39, 0.29) is 6.10 Å². The Labute approximate surface area is 131 Å². The minimum atomic E-state index is 0.196. The van der Waals surface area contributed by atoms with E-state index in [1.54, 1.807) is 0 Å². The molecule has 1 saturated heterocycles. The van der Waals surface area contributed by atoms with Gasteiger partial charge in [-0.15, -0.1) is 0 Å². The maximum atomic E-state index is 6.24. The van der Waals surface area contributed by atoms with Crippen molar-refractivity contribution in [1.29, 1.82) is 0 Å². The lowest BCUT2D eigenvalue weighted by Gasteiger charge is -2.37. The lowest BCUT2D eigenvalue weighted by molar-refractivity contribution is 0.0902. The van der Waals surface area contributed by atoms with Crippen LogP contribution >= 0.6 is 11.6 Å². The van der Waals surface area contributed by atoms with Crippen LogP contribution in [0.5, 0.6) is 5.75 Å². The van der Waals surface area contributed by atoms with Crippen LogP contribution in [0.2, 0.25) is 5.02 Å². The van der Waals surface area contributed by atoms with Crippen molar-refractivity contribution in [3.63, 3.8) is 0 Å². The van der Waals surface area contributed by atoms with Gasteiger partial charge in [0.2, 0.25) is 0 Å². The van der Waals surface area contributed by atoms with E-state index < -0.39 is 0 Å². The normalized spacial score (nSPS) is 23.0. The van der Waals surface area contributed by atoms with E-state index >= 15 is 0 Å². The Morgan fingerprint density at radius 1 is 1.10 bits per heavy atom. The number of benzene rings is 2. The SMILES string of the molecule is CN1CC[C@H](Oc2cccc(Cl)c2)[C@@H](c2ccccc2)C1. The maximum absolute atomic E-state index is 6.24. The Balaban J connectivity index is 1.81. The number of rotatable bonds is 3. The van der Waals surface area contributed by atoms with Crippen LogP contribution in [0.3, 0.4) is 0 Å². The zero-order valence-electron chi connectivity index (χ0n) is 12.2. The summed E-state index contributed by atoms with van der Waals surface area (Å²) in [4.78, 5) is 2.37. The summed E-state index contributed by atoms with van der Waals surface area (Å²) >= 11 is 6.05. The first kappa shape index (κ1) is 14.4. The molecule has 0 saturated carbocycles. The first-order chi connectivity index (χ1) is 10.2. The van der Waals surface area contributed by atoms with Gasteiger partial charge in [0.25, 0.3) is 0 Å². The number of halogens is 1. The number of nitrogens with zero attached hydrogens (tertiary/aromatic N) is 1. The summed E-state index contributed by atoms with van der Waals surface area (Å²) < 4.78 is 6.24. The van der Waals surface area contributed by atoms with Crippen LogP contribution in [0, 0.1) is 0 Å². The molecule has 2 aromatic rings. The molecule has 1 heterocycles. The first-order valence-corrected chi connectivity index (χ1v) is 7.76. The molecule has 0 spiro atoms. The first-order valence-electron chi connectivity index (χ1n) is 7.38. The van der Waals surface area contributed by atoms with Gasteiger partial charge >= 0.3 is 0 Å². The van der Waals surface area contributed by atoms with E-state index in [1.165, 1.54) is 5.56 Å². The Kier molecular flexibility index (Phi) is 4.47. The van der Waals surface area contributed by atoms with Gasteiger partial charge in [0.1, 0.15) is 11.9 Å². The van der Waals surface area contributed by atoms with Gasteiger partial charge < -0.3 is 9.64 Å². The second kappa shape index (κ2) is 6.50. The molecule has 0 aliphatic carbocycles. The summed E-state index contributed by atoms with van der Waals surface area (Å²) in [7, 11) is 2.17. The van der Waals surface area contributed by atoms with Crippen LogP contribution in [-0.4, -0.2) is 31.1 Å². The molecule has 0 unspecified atom stereocenters. The van der Waals surface area contributed by atoms with Gasteiger partial charge in [-0.1, -0.05) is 48.0 Å². The molecule has 0 N–H and O–H groups in total. The molecule has 3 rings (SSSR count). The summed E-state index contributed by atoms with van der Waals surface area (Å²) in [5.41, 5.74) is 1.34. The van der Waals surface area contributed by atoms with E-state index in [1.807, 2.05) is 24.3 Å². The molecule has 2 aromatic carbocycles. The maximum Gasteiger partial charge on any atom is 0.121 e. The highest BCUT2D eigenvalue weighted by Gasteiger charge is 2.30. The van der Waals surface area contributed by atoms with Gasteiger partial charge in [-0.2, -0.15) is 0 Å². The molecule has 1 aliphatic rings. The summed E-state index contributed by atoms with van der Waals surface area (Å²) in [6.07, 6.45) is 1.23.